The molecule has 1 heterocycles. The molecular formula is C15H20FN3O2. The predicted octanol–water partition coefficient (Wildman–Crippen LogP) is 1.50. The van der Waals surface area contributed by atoms with Crippen molar-refractivity contribution in [1.29, 1.82) is 0 Å². The van der Waals surface area contributed by atoms with Crippen LogP contribution in [0.5, 0.6) is 0 Å². The SMILES string of the molecule is CNC(=O)C1CCC(CNC(=O)c2cncc(F)c2)CC1. The maximum atomic E-state index is 13.0. The Balaban J connectivity index is 1.77. The molecule has 2 rings (SSSR count). The zero-order valence-electron chi connectivity index (χ0n) is 12.1. The lowest BCUT2D eigenvalue weighted by Crippen LogP contribution is -2.35. The maximum absolute atomic E-state index is 13.0. The molecule has 1 aromatic rings. The number of hydrogen-bond acceptors (Lipinski definition) is 3. The molecule has 1 aliphatic carbocycles. The van der Waals surface area contributed by atoms with Crippen LogP contribution in [0.1, 0.15) is 36.0 Å². The number of aromatic nitrogens is 1. The number of hydrogen-bond donors (Lipinski definition) is 2. The summed E-state index contributed by atoms with van der Waals surface area (Å²) < 4.78 is 13.0. The first kappa shape index (κ1) is 15.4. The quantitative estimate of drug-likeness (QED) is 0.884. The largest absolute Gasteiger partial charge is 0.359 e. The minimum atomic E-state index is -0.520. The highest BCUT2D eigenvalue weighted by Crippen LogP contribution is 2.28. The third kappa shape index (κ3) is 4.24. The average Bonchev–Trinajstić information content (AvgIpc) is 2.52. The van der Waals surface area contributed by atoms with E-state index in [4.69, 9.17) is 0 Å². The first-order valence-electron chi connectivity index (χ1n) is 7.20. The van der Waals surface area contributed by atoms with Crippen LogP contribution in [0.25, 0.3) is 0 Å². The molecule has 1 fully saturated rings. The van der Waals surface area contributed by atoms with E-state index < -0.39 is 5.82 Å². The van der Waals surface area contributed by atoms with Crippen molar-refractivity contribution in [1.82, 2.24) is 15.6 Å². The van der Waals surface area contributed by atoms with Crippen LogP contribution in [0.3, 0.4) is 0 Å². The van der Waals surface area contributed by atoms with Crippen molar-refractivity contribution in [3.05, 3.63) is 29.8 Å². The van der Waals surface area contributed by atoms with Crippen molar-refractivity contribution in [3.8, 4) is 0 Å². The molecule has 5 nitrogen and oxygen atoms in total. The summed E-state index contributed by atoms with van der Waals surface area (Å²) in [5, 5.41) is 5.48. The summed E-state index contributed by atoms with van der Waals surface area (Å²) in [7, 11) is 1.65. The maximum Gasteiger partial charge on any atom is 0.252 e. The number of nitrogens with one attached hydrogen (secondary N) is 2. The summed E-state index contributed by atoms with van der Waals surface area (Å²) in [4.78, 5) is 27.1. The van der Waals surface area contributed by atoms with Gasteiger partial charge in [0.2, 0.25) is 5.91 Å². The molecule has 0 atom stereocenters. The van der Waals surface area contributed by atoms with Crippen LogP contribution < -0.4 is 10.6 Å². The van der Waals surface area contributed by atoms with E-state index in [-0.39, 0.29) is 23.3 Å². The van der Waals surface area contributed by atoms with Gasteiger partial charge in [-0.3, -0.25) is 14.6 Å². The van der Waals surface area contributed by atoms with Crippen LogP contribution in [0, 0.1) is 17.7 Å². The minimum Gasteiger partial charge on any atom is -0.359 e. The van der Waals surface area contributed by atoms with Crippen LogP contribution in [0.2, 0.25) is 0 Å². The van der Waals surface area contributed by atoms with Crippen molar-refractivity contribution >= 4 is 11.8 Å². The van der Waals surface area contributed by atoms with Gasteiger partial charge in [0.25, 0.3) is 5.91 Å². The lowest BCUT2D eigenvalue weighted by molar-refractivity contribution is -0.125. The van der Waals surface area contributed by atoms with Crippen molar-refractivity contribution in [2.75, 3.05) is 13.6 Å². The van der Waals surface area contributed by atoms with Gasteiger partial charge in [0.15, 0.2) is 0 Å². The van der Waals surface area contributed by atoms with Crippen molar-refractivity contribution in [2.24, 2.45) is 11.8 Å². The fraction of sp³-hybridized carbons (Fsp3) is 0.533. The van der Waals surface area contributed by atoms with E-state index in [1.54, 1.807) is 7.05 Å². The Morgan fingerprint density at radius 2 is 2.00 bits per heavy atom. The second kappa shape index (κ2) is 7.15. The van der Waals surface area contributed by atoms with Crippen LogP contribution in [-0.2, 0) is 4.79 Å². The molecule has 0 aromatic carbocycles. The molecule has 0 aliphatic heterocycles. The van der Waals surface area contributed by atoms with E-state index >= 15 is 0 Å². The van der Waals surface area contributed by atoms with E-state index in [0.717, 1.165) is 31.9 Å². The second-order valence-electron chi connectivity index (χ2n) is 5.43. The summed E-state index contributed by atoms with van der Waals surface area (Å²) >= 11 is 0. The van der Waals surface area contributed by atoms with E-state index in [1.165, 1.54) is 12.3 Å². The number of rotatable bonds is 4. The Labute approximate surface area is 123 Å². The molecule has 2 N–H and O–H groups in total. The van der Waals surface area contributed by atoms with Gasteiger partial charge >= 0.3 is 0 Å². The highest BCUT2D eigenvalue weighted by atomic mass is 19.1. The second-order valence-corrected chi connectivity index (χ2v) is 5.43. The first-order chi connectivity index (χ1) is 10.1. The van der Waals surface area contributed by atoms with Gasteiger partial charge in [0, 0.05) is 25.7 Å². The van der Waals surface area contributed by atoms with Crippen LogP contribution in [-0.4, -0.2) is 30.4 Å². The average molecular weight is 293 g/mol. The molecule has 1 saturated carbocycles. The van der Waals surface area contributed by atoms with Crippen LogP contribution in [0.15, 0.2) is 18.5 Å². The van der Waals surface area contributed by atoms with Crippen molar-refractivity contribution < 1.29 is 14.0 Å². The van der Waals surface area contributed by atoms with E-state index in [9.17, 15) is 14.0 Å². The minimum absolute atomic E-state index is 0.0920. The van der Waals surface area contributed by atoms with E-state index in [0.29, 0.717) is 12.5 Å². The Hall–Kier alpha value is -1.98. The highest BCUT2D eigenvalue weighted by Gasteiger charge is 2.25. The highest BCUT2D eigenvalue weighted by molar-refractivity contribution is 5.93. The van der Waals surface area contributed by atoms with E-state index in [1.807, 2.05) is 0 Å². The Kier molecular flexibility index (Phi) is 5.25. The normalized spacial score (nSPS) is 21.6. The summed E-state index contributed by atoms with van der Waals surface area (Å²) in [5.74, 6) is -0.266. The van der Waals surface area contributed by atoms with Gasteiger partial charge in [-0.2, -0.15) is 0 Å². The predicted molar refractivity (Wildman–Crippen MR) is 76.0 cm³/mol. The number of halogens is 1. The fourth-order valence-corrected chi connectivity index (χ4v) is 2.71. The molecular weight excluding hydrogens is 273 g/mol. The fourth-order valence-electron chi connectivity index (χ4n) is 2.71. The van der Waals surface area contributed by atoms with Gasteiger partial charge in [-0.25, -0.2) is 4.39 Å². The van der Waals surface area contributed by atoms with Gasteiger partial charge in [0.1, 0.15) is 5.82 Å². The summed E-state index contributed by atoms with van der Waals surface area (Å²) in [5.41, 5.74) is 0.231. The van der Waals surface area contributed by atoms with Crippen molar-refractivity contribution in [2.45, 2.75) is 25.7 Å². The number of carbonyl (C=O) groups is 2. The molecule has 2 amide bonds. The van der Waals surface area contributed by atoms with Crippen molar-refractivity contribution in [3.63, 3.8) is 0 Å². The van der Waals surface area contributed by atoms with Crippen LogP contribution in [0.4, 0.5) is 4.39 Å². The van der Waals surface area contributed by atoms with Crippen LogP contribution >= 0.6 is 0 Å². The summed E-state index contributed by atoms with van der Waals surface area (Å²) in [6, 6.07) is 1.17. The summed E-state index contributed by atoms with van der Waals surface area (Å²) in [6.07, 6.45) is 5.95. The zero-order valence-corrected chi connectivity index (χ0v) is 12.1. The smallest absolute Gasteiger partial charge is 0.252 e. The van der Waals surface area contributed by atoms with Gasteiger partial charge in [-0.05, 0) is 37.7 Å². The first-order valence-corrected chi connectivity index (χ1v) is 7.20. The molecule has 0 unspecified atom stereocenters. The topological polar surface area (TPSA) is 71.1 Å². The standard InChI is InChI=1S/C15H20FN3O2/c1-17-14(20)11-4-2-10(3-5-11)7-19-15(21)12-6-13(16)9-18-8-12/h6,8-11H,2-5,7H2,1H3,(H,17,20)(H,19,21). The van der Waals surface area contributed by atoms with Gasteiger partial charge < -0.3 is 10.6 Å². The molecule has 6 heteroatoms. The Morgan fingerprint density at radius 1 is 1.29 bits per heavy atom. The molecule has 114 valence electrons. The Morgan fingerprint density at radius 3 is 2.62 bits per heavy atom. The van der Waals surface area contributed by atoms with E-state index in [2.05, 4.69) is 15.6 Å². The number of pyridine rings is 1. The van der Waals surface area contributed by atoms with Gasteiger partial charge in [-0.1, -0.05) is 0 Å². The number of nitrogens with zero attached hydrogens (tertiary/aromatic N) is 1. The monoisotopic (exact) mass is 293 g/mol. The van der Waals surface area contributed by atoms with Gasteiger partial charge in [-0.15, -0.1) is 0 Å². The molecule has 0 saturated heterocycles. The third-order valence-corrected chi connectivity index (χ3v) is 3.98. The number of amides is 2. The lowest BCUT2D eigenvalue weighted by Gasteiger charge is -2.27. The molecule has 0 bridgehead atoms. The molecule has 1 aromatic heterocycles. The number of carbonyl (C=O) groups excluding carboxylic acids is 2. The van der Waals surface area contributed by atoms with Gasteiger partial charge in [0.05, 0.1) is 11.8 Å². The molecule has 1 aliphatic rings. The Bertz CT molecular complexity index is 513. The summed E-state index contributed by atoms with van der Waals surface area (Å²) in [6.45, 7) is 0.551. The molecule has 0 spiro atoms. The molecule has 21 heavy (non-hydrogen) atoms. The third-order valence-electron chi connectivity index (χ3n) is 3.98. The molecule has 0 radical (unpaired) electrons. The zero-order chi connectivity index (χ0) is 15.2. The lowest BCUT2D eigenvalue weighted by atomic mass is 9.81.